The normalized spacial score (nSPS) is 13.8. The fourth-order valence-corrected chi connectivity index (χ4v) is 3.03. The first-order chi connectivity index (χ1) is 12.2. The average Bonchev–Trinajstić information content (AvgIpc) is 2.62. The number of carboxylic acid groups (broad SMARTS) is 1. The molecule has 7 heteroatoms. The first-order valence-electron chi connectivity index (χ1n) is 8.83. The lowest BCUT2D eigenvalue weighted by molar-refractivity contribution is -0.143. The van der Waals surface area contributed by atoms with Gasteiger partial charge in [-0.05, 0) is 38.0 Å². The zero-order valence-corrected chi connectivity index (χ0v) is 17.7. The number of anilines is 1. The van der Waals surface area contributed by atoms with Crippen LogP contribution in [0.5, 0.6) is 0 Å². The number of carbonyl (C=O) groups excluding carboxylic acids is 1. The fourth-order valence-electron chi connectivity index (χ4n) is 2.50. The monoisotopic (exact) mass is 398 g/mol. The molecule has 0 aromatic heterocycles. The van der Waals surface area contributed by atoms with Crippen molar-refractivity contribution in [1.82, 2.24) is 5.32 Å². The predicted octanol–water partition coefficient (Wildman–Crippen LogP) is 3.42. The van der Waals surface area contributed by atoms with E-state index in [1.54, 1.807) is 13.8 Å². The highest BCUT2D eigenvalue weighted by Gasteiger charge is 2.31. The summed E-state index contributed by atoms with van der Waals surface area (Å²) in [5.74, 6) is -1.05. The third-order valence-electron chi connectivity index (χ3n) is 4.48. The molecular formula is C19H30N2O3S2. The zero-order chi connectivity index (χ0) is 19.9. The van der Waals surface area contributed by atoms with E-state index in [2.05, 4.69) is 49.3 Å². The van der Waals surface area contributed by atoms with Crippen LogP contribution in [0.1, 0.15) is 44.9 Å². The van der Waals surface area contributed by atoms with E-state index in [0.717, 1.165) is 24.3 Å². The Morgan fingerprint density at radius 3 is 2.15 bits per heavy atom. The number of hydrogen-bond acceptors (Lipinski definition) is 5. The molecule has 0 saturated heterocycles. The standard InChI is InChI=1S/C19H30N2O3S2/c1-5-21(6-2)14-9-7-13(8-10-14)16(26)11-15(17(22)23)20-18(24)19(3,4)12-25/h7-10,15-16,25-26H,5-6,11-12H2,1-4H3,(H,20,24)(H,22,23). The number of carbonyl (C=O) groups is 2. The minimum absolute atomic E-state index is 0.206. The van der Waals surface area contributed by atoms with E-state index in [4.69, 9.17) is 0 Å². The topological polar surface area (TPSA) is 69.6 Å². The van der Waals surface area contributed by atoms with Crippen molar-refractivity contribution < 1.29 is 14.7 Å². The molecule has 146 valence electrons. The summed E-state index contributed by atoms with van der Waals surface area (Å²) in [6.45, 7) is 9.52. The van der Waals surface area contributed by atoms with E-state index in [1.807, 2.05) is 24.3 Å². The minimum atomic E-state index is -1.06. The van der Waals surface area contributed by atoms with E-state index in [1.165, 1.54) is 0 Å². The van der Waals surface area contributed by atoms with Gasteiger partial charge in [-0.25, -0.2) is 4.79 Å². The van der Waals surface area contributed by atoms with Crippen LogP contribution in [0.4, 0.5) is 5.69 Å². The maximum absolute atomic E-state index is 12.3. The van der Waals surface area contributed by atoms with Gasteiger partial charge in [0.25, 0.3) is 0 Å². The van der Waals surface area contributed by atoms with E-state index < -0.39 is 17.4 Å². The quantitative estimate of drug-likeness (QED) is 0.456. The van der Waals surface area contributed by atoms with E-state index in [0.29, 0.717) is 5.75 Å². The van der Waals surface area contributed by atoms with Crippen LogP contribution in [0, 0.1) is 5.41 Å². The summed E-state index contributed by atoms with van der Waals surface area (Å²) in [5, 5.41) is 11.8. The summed E-state index contributed by atoms with van der Waals surface area (Å²) >= 11 is 8.72. The number of rotatable bonds is 10. The molecule has 0 radical (unpaired) electrons. The average molecular weight is 399 g/mol. The Morgan fingerprint density at radius 1 is 1.19 bits per heavy atom. The number of aliphatic carboxylic acids is 1. The molecule has 5 nitrogen and oxygen atoms in total. The summed E-state index contributed by atoms with van der Waals surface area (Å²) in [4.78, 5) is 26.1. The lowest BCUT2D eigenvalue weighted by Gasteiger charge is -2.26. The van der Waals surface area contributed by atoms with Crippen molar-refractivity contribution in [2.45, 2.75) is 45.4 Å². The second kappa shape index (κ2) is 10.1. The van der Waals surface area contributed by atoms with Crippen LogP contribution >= 0.6 is 25.3 Å². The van der Waals surface area contributed by atoms with Crippen LogP contribution in [0.2, 0.25) is 0 Å². The van der Waals surface area contributed by atoms with Gasteiger partial charge in [0.15, 0.2) is 0 Å². The Hall–Kier alpha value is -1.34. The molecule has 0 aliphatic carbocycles. The van der Waals surface area contributed by atoms with Crippen LogP contribution in [0.3, 0.4) is 0 Å². The Labute approximate surface area is 167 Å². The predicted molar refractivity (Wildman–Crippen MR) is 114 cm³/mol. The number of amides is 1. The van der Waals surface area contributed by atoms with Gasteiger partial charge in [0.2, 0.25) is 5.91 Å². The highest BCUT2D eigenvalue weighted by Crippen LogP contribution is 2.28. The lowest BCUT2D eigenvalue weighted by Crippen LogP contribution is -2.47. The van der Waals surface area contributed by atoms with Crippen LogP contribution in [-0.2, 0) is 9.59 Å². The van der Waals surface area contributed by atoms with Gasteiger partial charge in [-0.1, -0.05) is 26.0 Å². The second-order valence-corrected chi connectivity index (χ2v) is 7.86. The molecule has 0 aliphatic heterocycles. The van der Waals surface area contributed by atoms with Crippen molar-refractivity contribution in [3.63, 3.8) is 0 Å². The molecular weight excluding hydrogens is 368 g/mol. The van der Waals surface area contributed by atoms with Crippen LogP contribution in [-0.4, -0.2) is 41.9 Å². The minimum Gasteiger partial charge on any atom is -0.480 e. The number of benzene rings is 1. The molecule has 0 saturated carbocycles. The number of nitrogens with one attached hydrogen (secondary N) is 1. The second-order valence-electron chi connectivity index (χ2n) is 6.92. The van der Waals surface area contributed by atoms with Crippen LogP contribution < -0.4 is 10.2 Å². The number of carboxylic acids is 1. The SMILES string of the molecule is CCN(CC)c1ccc(C(S)CC(NC(=O)C(C)(C)CS)C(=O)O)cc1. The third-order valence-corrected chi connectivity index (χ3v) is 5.78. The van der Waals surface area contributed by atoms with Gasteiger partial charge in [-0.15, -0.1) is 0 Å². The molecule has 0 aliphatic rings. The van der Waals surface area contributed by atoms with Crippen molar-refractivity contribution in [1.29, 1.82) is 0 Å². The highest BCUT2D eigenvalue weighted by molar-refractivity contribution is 7.80. The Kier molecular flexibility index (Phi) is 8.83. The molecule has 2 N–H and O–H groups in total. The summed E-state index contributed by atoms with van der Waals surface area (Å²) in [7, 11) is 0. The first-order valence-corrected chi connectivity index (χ1v) is 9.98. The van der Waals surface area contributed by atoms with E-state index >= 15 is 0 Å². The van der Waals surface area contributed by atoms with Crippen molar-refractivity contribution in [3.05, 3.63) is 29.8 Å². The molecule has 2 unspecified atom stereocenters. The maximum atomic E-state index is 12.3. The van der Waals surface area contributed by atoms with E-state index in [-0.39, 0.29) is 17.6 Å². The van der Waals surface area contributed by atoms with Gasteiger partial charge in [-0.3, -0.25) is 4.79 Å². The maximum Gasteiger partial charge on any atom is 0.326 e. The number of hydrogen-bond donors (Lipinski definition) is 4. The zero-order valence-electron chi connectivity index (χ0n) is 15.9. The smallest absolute Gasteiger partial charge is 0.326 e. The molecule has 26 heavy (non-hydrogen) atoms. The third kappa shape index (κ3) is 6.13. The fraction of sp³-hybridized carbons (Fsp3) is 0.579. The Morgan fingerprint density at radius 2 is 1.73 bits per heavy atom. The van der Waals surface area contributed by atoms with E-state index in [9.17, 15) is 14.7 Å². The largest absolute Gasteiger partial charge is 0.480 e. The van der Waals surface area contributed by atoms with Crippen molar-refractivity contribution in [3.8, 4) is 0 Å². The Bertz CT molecular complexity index is 601. The van der Waals surface area contributed by atoms with Gasteiger partial charge in [0.1, 0.15) is 6.04 Å². The summed E-state index contributed by atoms with van der Waals surface area (Å²) < 4.78 is 0. The molecule has 1 aromatic rings. The molecule has 1 rings (SSSR count). The number of nitrogens with zero attached hydrogens (tertiary/aromatic N) is 1. The molecule has 0 spiro atoms. The molecule has 1 aromatic carbocycles. The summed E-state index contributed by atoms with van der Waals surface area (Å²) in [5.41, 5.74) is 1.32. The number of thiol groups is 2. The van der Waals surface area contributed by atoms with Gasteiger partial charge < -0.3 is 15.3 Å². The van der Waals surface area contributed by atoms with Crippen LogP contribution in [0.15, 0.2) is 24.3 Å². The molecule has 2 atom stereocenters. The molecule has 0 bridgehead atoms. The molecule has 0 fully saturated rings. The summed E-state index contributed by atoms with van der Waals surface area (Å²) in [6, 6.07) is 6.97. The van der Waals surface area contributed by atoms with Gasteiger partial charge >= 0.3 is 5.97 Å². The molecule has 0 heterocycles. The van der Waals surface area contributed by atoms with Crippen LogP contribution in [0.25, 0.3) is 0 Å². The Balaban J connectivity index is 2.83. The van der Waals surface area contributed by atoms with Gasteiger partial charge in [0, 0.05) is 29.8 Å². The summed E-state index contributed by atoms with van der Waals surface area (Å²) in [6.07, 6.45) is 0.206. The van der Waals surface area contributed by atoms with Crippen molar-refractivity contribution in [2.75, 3.05) is 23.7 Å². The van der Waals surface area contributed by atoms with Gasteiger partial charge in [-0.2, -0.15) is 25.3 Å². The van der Waals surface area contributed by atoms with Crippen molar-refractivity contribution in [2.24, 2.45) is 5.41 Å². The first kappa shape index (κ1) is 22.7. The van der Waals surface area contributed by atoms with Gasteiger partial charge in [0.05, 0.1) is 5.41 Å². The van der Waals surface area contributed by atoms with Crippen molar-refractivity contribution >= 4 is 42.8 Å². The highest BCUT2D eigenvalue weighted by atomic mass is 32.1. The lowest BCUT2D eigenvalue weighted by atomic mass is 9.94. The molecule has 1 amide bonds.